The fourth-order valence-corrected chi connectivity index (χ4v) is 7.36. The van der Waals surface area contributed by atoms with Crippen LogP contribution in [0.1, 0.15) is 39.5 Å². The second kappa shape index (κ2) is 7.20. The Morgan fingerprint density at radius 3 is 2.74 bits per heavy atom. The highest BCUT2D eigenvalue weighted by molar-refractivity contribution is 7.99. The number of esters is 1. The third-order valence-electron chi connectivity index (χ3n) is 7.94. The molecule has 1 spiro atoms. The highest BCUT2D eigenvalue weighted by atomic mass is 32.2. The summed E-state index contributed by atoms with van der Waals surface area (Å²) in [5, 5.41) is 2.44. The minimum atomic E-state index is -0.843. The van der Waals surface area contributed by atoms with E-state index in [1.54, 1.807) is 11.8 Å². The molecule has 0 N–H and O–H groups in total. The van der Waals surface area contributed by atoms with Crippen LogP contribution in [0.15, 0.2) is 47.4 Å². The number of carbonyl (C=O) groups excluding carboxylic acids is 1. The van der Waals surface area contributed by atoms with E-state index in [2.05, 4.69) is 49.4 Å². The Labute approximate surface area is 186 Å². The van der Waals surface area contributed by atoms with Crippen LogP contribution in [-0.4, -0.2) is 29.4 Å². The summed E-state index contributed by atoms with van der Waals surface area (Å²) in [7, 11) is 0. The van der Waals surface area contributed by atoms with Gasteiger partial charge >= 0.3 is 5.97 Å². The zero-order valence-electron chi connectivity index (χ0n) is 17.9. The highest BCUT2D eigenvalue weighted by Gasteiger charge is 2.70. The minimum absolute atomic E-state index is 0.0376. The van der Waals surface area contributed by atoms with Gasteiger partial charge in [-0.25, -0.2) is 9.78 Å². The standard InChI is InChI=1S/C25H28O5S/c1-15-7-10-21-19(14-31-18-9-8-16-5-3-4-6-17(16)13-18)22(26)27-23-25(21)20(15)11-12-24(2,28-23)29-30-25/h3-6,8-9,13,15,19-21,23H,7,10-12,14H2,1-2H3/t15-,19+,20-,21-,23+,24+,25-/m0/s1. The molecule has 5 aliphatic rings. The van der Waals surface area contributed by atoms with Gasteiger partial charge in [0.2, 0.25) is 12.1 Å². The molecule has 4 heterocycles. The number of rotatable bonds is 3. The lowest BCUT2D eigenvalue weighted by Crippen LogP contribution is -2.70. The molecule has 2 aromatic carbocycles. The molecule has 0 radical (unpaired) electrons. The van der Waals surface area contributed by atoms with Crippen LogP contribution in [-0.2, 0) is 24.0 Å². The molecule has 4 saturated heterocycles. The van der Waals surface area contributed by atoms with Crippen molar-refractivity contribution in [2.75, 3.05) is 5.75 Å². The normalized spacial score (nSPS) is 41.5. The molecular weight excluding hydrogens is 412 g/mol. The van der Waals surface area contributed by atoms with Crippen molar-refractivity contribution in [3.63, 3.8) is 0 Å². The lowest BCUT2D eigenvalue weighted by molar-refractivity contribution is -0.559. The summed E-state index contributed by atoms with van der Waals surface area (Å²) in [6.45, 7) is 4.17. The van der Waals surface area contributed by atoms with E-state index in [0.717, 1.165) is 30.6 Å². The Kier molecular flexibility index (Phi) is 4.66. The molecule has 0 aromatic heterocycles. The smallest absolute Gasteiger partial charge is 0.312 e. The van der Waals surface area contributed by atoms with E-state index in [4.69, 9.17) is 19.2 Å². The van der Waals surface area contributed by atoms with Crippen LogP contribution in [0.2, 0.25) is 0 Å². The van der Waals surface area contributed by atoms with Crippen molar-refractivity contribution in [3.05, 3.63) is 42.5 Å². The van der Waals surface area contributed by atoms with Gasteiger partial charge in [-0.3, -0.25) is 4.79 Å². The van der Waals surface area contributed by atoms with Crippen LogP contribution in [0, 0.1) is 23.7 Å². The predicted octanol–water partition coefficient (Wildman–Crippen LogP) is 5.32. The molecule has 164 valence electrons. The summed E-state index contributed by atoms with van der Waals surface area (Å²) in [5.41, 5.74) is -0.698. The molecule has 4 aliphatic heterocycles. The largest absolute Gasteiger partial charge is 0.432 e. The number of fused-ring (bicyclic) bond motifs is 3. The number of hydrogen-bond acceptors (Lipinski definition) is 6. The van der Waals surface area contributed by atoms with Crippen LogP contribution in [0.5, 0.6) is 0 Å². The van der Waals surface area contributed by atoms with Crippen LogP contribution in [0.3, 0.4) is 0 Å². The molecule has 2 aromatic rings. The van der Waals surface area contributed by atoms with Gasteiger partial charge in [0, 0.05) is 28.9 Å². The Balaban J connectivity index is 1.30. The summed E-state index contributed by atoms with van der Waals surface area (Å²) in [6.07, 6.45) is 3.05. The monoisotopic (exact) mass is 440 g/mol. The first-order chi connectivity index (χ1) is 15.0. The Bertz CT molecular complexity index is 1030. The maximum absolute atomic E-state index is 13.1. The number of carbonyl (C=O) groups is 1. The third-order valence-corrected chi connectivity index (χ3v) is 9.05. The lowest BCUT2D eigenvalue weighted by atomic mass is 9.58. The van der Waals surface area contributed by atoms with Gasteiger partial charge < -0.3 is 9.47 Å². The van der Waals surface area contributed by atoms with Gasteiger partial charge in [0.05, 0.1) is 5.92 Å². The fourth-order valence-electron chi connectivity index (χ4n) is 6.24. The SMILES string of the molecule is C[C@H]1CC[C@H]2[C@@H](CSc3ccc4ccccc4c3)C(=O)O[C@@H]3O[C@@]4(C)CC[C@@H]1[C@@]32OO4. The van der Waals surface area contributed by atoms with E-state index in [-0.39, 0.29) is 23.7 Å². The second-order valence-electron chi connectivity index (χ2n) is 9.77. The highest BCUT2D eigenvalue weighted by Crippen LogP contribution is 2.60. The Hall–Kier alpha value is -1.60. The van der Waals surface area contributed by atoms with E-state index in [1.165, 1.54) is 10.8 Å². The van der Waals surface area contributed by atoms with Crippen molar-refractivity contribution in [2.45, 2.75) is 62.1 Å². The van der Waals surface area contributed by atoms with Crippen molar-refractivity contribution >= 4 is 28.5 Å². The zero-order chi connectivity index (χ0) is 21.2. The van der Waals surface area contributed by atoms with E-state index in [9.17, 15) is 4.79 Å². The maximum Gasteiger partial charge on any atom is 0.312 e. The van der Waals surface area contributed by atoms with Crippen LogP contribution in [0.4, 0.5) is 0 Å². The molecule has 1 aliphatic carbocycles. The van der Waals surface area contributed by atoms with Crippen molar-refractivity contribution in [1.82, 2.24) is 0 Å². The number of ether oxygens (including phenoxy) is 2. The number of hydrogen-bond donors (Lipinski definition) is 0. The first kappa shape index (κ1) is 20.0. The third kappa shape index (κ3) is 3.06. The van der Waals surface area contributed by atoms with Gasteiger partial charge in [0.15, 0.2) is 5.60 Å². The van der Waals surface area contributed by atoms with Gasteiger partial charge in [0.25, 0.3) is 0 Å². The molecule has 5 fully saturated rings. The Morgan fingerprint density at radius 2 is 1.87 bits per heavy atom. The van der Waals surface area contributed by atoms with Crippen molar-refractivity contribution < 1.29 is 24.0 Å². The average molecular weight is 441 g/mol. The van der Waals surface area contributed by atoms with Crippen molar-refractivity contribution in [1.29, 1.82) is 0 Å². The molecule has 31 heavy (non-hydrogen) atoms. The molecule has 2 bridgehead atoms. The molecule has 7 rings (SSSR count). The first-order valence-corrected chi connectivity index (χ1v) is 12.3. The van der Waals surface area contributed by atoms with Crippen molar-refractivity contribution in [3.8, 4) is 0 Å². The fraction of sp³-hybridized carbons (Fsp3) is 0.560. The van der Waals surface area contributed by atoms with E-state index in [0.29, 0.717) is 11.7 Å². The topological polar surface area (TPSA) is 54.0 Å². The molecular formula is C25H28O5S. The quantitative estimate of drug-likeness (QED) is 0.366. The number of benzene rings is 2. The van der Waals surface area contributed by atoms with Gasteiger partial charge in [-0.2, -0.15) is 0 Å². The van der Waals surface area contributed by atoms with Gasteiger partial charge in [-0.15, -0.1) is 11.8 Å². The summed E-state index contributed by atoms with van der Waals surface area (Å²) in [5.74, 6) is 0.205. The summed E-state index contributed by atoms with van der Waals surface area (Å²) in [6, 6.07) is 14.8. The lowest BCUT2D eigenvalue weighted by Gasteiger charge is -2.58. The Morgan fingerprint density at radius 1 is 1.03 bits per heavy atom. The minimum Gasteiger partial charge on any atom is -0.432 e. The summed E-state index contributed by atoms with van der Waals surface area (Å²) >= 11 is 1.72. The van der Waals surface area contributed by atoms with Gasteiger partial charge in [-0.05, 0) is 55.0 Å². The summed E-state index contributed by atoms with van der Waals surface area (Å²) < 4.78 is 12.1. The summed E-state index contributed by atoms with van der Waals surface area (Å²) in [4.78, 5) is 26.3. The van der Waals surface area contributed by atoms with Crippen LogP contribution in [0.25, 0.3) is 10.8 Å². The van der Waals surface area contributed by atoms with Crippen molar-refractivity contribution in [2.24, 2.45) is 23.7 Å². The maximum atomic E-state index is 13.1. The van der Waals surface area contributed by atoms with Crippen LogP contribution < -0.4 is 0 Å². The molecule has 5 nitrogen and oxygen atoms in total. The molecule has 0 unspecified atom stereocenters. The molecule has 6 heteroatoms. The second-order valence-corrected chi connectivity index (χ2v) is 10.9. The molecule has 1 saturated carbocycles. The van der Waals surface area contributed by atoms with Crippen LogP contribution >= 0.6 is 11.8 Å². The zero-order valence-corrected chi connectivity index (χ0v) is 18.7. The average Bonchev–Trinajstić information content (AvgIpc) is 3.00. The first-order valence-electron chi connectivity index (χ1n) is 11.4. The van der Waals surface area contributed by atoms with E-state index in [1.807, 2.05) is 6.92 Å². The van der Waals surface area contributed by atoms with Gasteiger partial charge in [0.1, 0.15) is 0 Å². The predicted molar refractivity (Wildman–Crippen MR) is 117 cm³/mol. The van der Waals surface area contributed by atoms with E-state index >= 15 is 0 Å². The van der Waals surface area contributed by atoms with Gasteiger partial charge in [-0.1, -0.05) is 37.3 Å². The van der Waals surface area contributed by atoms with E-state index < -0.39 is 17.7 Å². The molecule has 0 amide bonds. The number of thioether (sulfide) groups is 1. The molecule has 7 atom stereocenters.